The lowest BCUT2D eigenvalue weighted by atomic mass is 9.97. The van der Waals surface area contributed by atoms with Gasteiger partial charge in [0.15, 0.2) is 0 Å². The second-order valence-corrected chi connectivity index (χ2v) is 5.67. The molecule has 0 spiro atoms. The van der Waals surface area contributed by atoms with E-state index in [9.17, 15) is 0 Å². The standard InChI is InChI=1S/C21H22O/c1-2-3-4-5-6-11-18-15-22-16-21(18)20-14-9-12-17-10-7-8-13-19(17)20/h6-16H,2-5H2,1H3/b11-6+. The zero-order chi connectivity index (χ0) is 15.2. The first-order chi connectivity index (χ1) is 10.9. The van der Waals surface area contributed by atoms with E-state index < -0.39 is 0 Å². The summed E-state index contributed by atoms with van der Waals surface area (Å²) in [5.41, 5.74) is 3.57. The molecule has 0 aliphatic heterocycles. The lowest BCUT2D eigenvalue weighted by Gasteiger charge is -2.05. The van der Waals surface area contributed by atoms with Crippen LogP contribution in [0.5, 0.6) is 0 Å². The number of benzene rings is 2. The molecule has 3 aromatic rings. The van der Waals surface area contributed by atoms with Crippen LogP contribution in [-0.2, 0) is 0 Å². The molecule has 0 saturated carbocycles. The Morgan fingerprint density at radius 1 is 0.909 bits per heavy atom. The summed E-state index contributed by atoms with van der Waals surface area (Å²) in [6.45, 7) is 2.23. The molecule has 2 aromatic carbocycles. The largest absolute Gasteiger partial charge is 0.471 e. The summed E-state index contributed by atoms with van der Waals surface area (Å²) in [7, 11) is 0. The molecule has 1 heterocycles. The molecule has 0 amide bonds. The van der Waals surface area contributed by atoms with Gasteiger partial charge in [-0.3, -0.25) is 0 Å². The van der Waals surface area contributed by atoms with Crippen molar-refractivity contribution in [2.24, 2.45) is 0 Å². The molecule has 22 heavy (non-hydrogen) atoms. The quantitative estimate of drug-likeness (QED) is 0.461. The van der Waals surface area contributed by atoms with E-state index in [0.29, 0.717) is 0 Å². The Bertz CT molecular complexity index is 759. The summed E-state index contributed by atoms with van der Waals surface area (Å²) in [5, 5.41) is 2.53. The average Bonchev–Trinajstić information content (AvgIpc) is 3.02. The maximum atomic E-state index is 5.48. The van der Waals surface area contributed by atoms with E-state index in [1.165, 1.54) is 41.2 Å². The molecule has 1 heteroatoms. The third kappa shape index (κ3) is 3.14. The van der Waals surface area contributed by atoms with Crippen molar-refractivity contribution in [3.63, 3.8) is 0 Å². The molecule has 112 valence electrons. The predicted molar refractivity (Wildman–Crippen MR) is 94.8 cm³/mol. The smallest absolute Gasteiger partial charge is 0.0987 e. The number of furan rings is 1. The first-order valence-electron chi connectivity index (χ1n) is 8.11. The van der Waals surface area contributed by atoms with Gasteiger partial charge in [0.25, 0.3) is 0 Å². The van der Waals surface area contributed by atoms with E-state index in [0.717, 1.165) is 12.0 Å². The van der Waals surface area contributed by atoms with Gasteiger partial charge in [-0.1, -0.05) is 74.4 Å². The van der Waals surface area contributed by atoms with Gasteiger partial charge in [0.1, 0.15) is 0 Å². The van der Waals surface area contributed by atoms with Crippen LogP contribution in [0.2, 0.25) is 0 Å². The highest BCUT2D eigenvalue weighted by Crippen LogP contribution is 2.32. The van der Waals surface area contributed by atoms with Gasteiger partial charge in [-0.05, 0) is 29.2 Å². The highest BCUT2D eigenvalue weighted by molar-refractivity contribution is 5.98. The van der Waals surface area contributed by atoms with Gasteiger partial charge >= 0.3 is 0 Å². The summed E-state index contributed by atoms with van der Waals surface area (Å²) >= 11 is 0. The number of fused-ring (bicyclic) bond motifs is 1. The Morgan fingerprint density at radius 2 is 1.77 bits per heavy atom. The fraction of sp³-hybridized carbons (Fsp3) is 0.238. The lowest BCUT2D eigenvalue weighted by Crippen LogP contribution is -1.81. The number of unbranched alkanes of at least 4 members (excludes halogenated alkanes) is 3. The van der Waals surface area contributed by atoms with Crippen molar-refractivity contribution >= 4 is 16.8 Å². The molecular weight excluding hydrogens is 268 g/mol. The second kappa shape index (κ2) is 7.13. The summed E-state index contributed by atoms with van der Waals surface area (Å²) < 4.78 is 5.48. The molecule has 0 bridgehead atoms. The first kappa shape index (κ1) is 14.6. The third-order valence-electron chi connectivity index (χ3n) is 4.04. The van der Waals surface area contributed by atoms with Gasteiger partial charge < -0.3 is 4.42 Å². The van der Waals surface area contributed by atoms with Crippen molar-refractivity contribution in [2.45, 2.75) is 32.6 Å². The number of allylic oxidation sites excluding steroid dienone is 1. The molecule has 0 atom stereocenters. The maximum Gasteiger partial charge on any atom is 0.0987 e. The van der Waals surface area contributed by atoms with E-state index in [1.54, 1.807) is 0 Å². The van der Waals surface area contributed by atoms with Crippen LogP contribution < -0.4 is 0 Å². The van der Waals surface area contributed by atoms with Crippen LogP contribution in [0, 0.1) is 0 Å². The van der Waals surface area contributed by atoms with Crippen molar-refractivity contribution in [3.05, 3.63) is 66.6 Å². The summed E-state index contributed by atoms with van der Waals surface area (Å²) in [5.74, 6) is 0. The highest BCUT2D eigenvalue weighted by atomic mass is 16.3. The van der Waals surface area contributed by atoms with Crippen molar-refractivity contribution < 1.29 is 4.42 Å². The van der Waals surface area contributed by atoms with Crippen molar-refractivity contribution in [2.75, 3.05) is 0 Å². The SMILES string of the molecule is CCCCC/C=C/c1cocc1-c1cccc2ccccc12. The van der Waals surface area contributed by atoms with Gasteiger partial charge in [-0.2, -0.15) is 0 Å². The van der Waals surface area contributed by atoms with E-state index in [4.69, 9.17) is 4.42 Å². The molecule has 0 fully saturated rings. The maximum absolute atomic E-state index is 5.48. The minimum Gasteiger partial charge on any atom is -0.471 e. The minimum absolute atomic E-state index is 1.13. The van der Waals surface area contributed by atoms with Gasteiger partial charge in [0, 0.05) is 11.1 Å². The minimum atomic E-state index is 1.13. The number of hydrogen-bond donors (Lipinski definition) is 0. The molecule has 0 radical (unpaired) electrons. The first-order valence-corrected chi connectivity index (χ1v) is 8.11. The van der Waals surface area contributed by atoms with Crippen molar-refractivity contribution in [3.8, 4) is 11.1 Å². The van der Waals surface area contributed by atoms with Gasteiger partial charge in [0.05, 0.1) is 12.5 Å². The predicted octanol–water partition coefficient (Wildman–Crippen LogP) is 6.69. The van der Waals surface area contributed by atoms with Crippen molar-refractivity contribution in [1.82, 2.24) is 0 Å². The molecule has 0 saturated heterocycles. The van der Waals surface area contributed by atoms with Crippen molar-refractivity contribution in [1.29, 1.82) is 0 Å². The van der Waals surface area contributed by atoms with Crippen LogP contribution in [0.3, 0.4) is 0 Å². The second-order valence-electron chi connectivity index (χ2n) is 5.67. The molecule has 0 unspecified atom stereocenters. The van der Waals surface area contributed by atoms with Crippen LogP contribution in [0.15, 0.2) is 65.5 Å². The summed E-state index contributed by atoms with van der Waals surface area (Å²) in [6.07, 6.45) is 13.1. The zero-order valence-electron chi connectivity index (χ0n) is 13.1. The monoisotopic (exact) mass is 290 g/mol. The van der Waals surface area contributed by atoms with Crippen LogP contribution in [-0.4, -0.2) is 0 Å². The van der Waals surface area contributed by atoms with Crippen LogP contribution in [0.4, 0.5) is 0 Å². The van der Waals surface area contributed by atoms with Gasteiger partial charge in [0.2, 0.25) is 0 Å². The topological polar surface area (TPSA) is 13.1 Å². The average molecular weight is 290 g/mol. The molecular formula is C21H22O. The summed E-state index contributed by atoms with van der Waals surface area (Å²) in [4.78, 5) is 0. The Balaban J connectivity index is 1.90. The normalized spacial score (nSPS) is 11.5. The lowest BCUT2D eigenvalue weighted by molar-refractivity contribution is 0.567. The Hall–Kier alpha value is -2.28. The molecule has 0 aliphatic rings. The fourth-order valence-corrected chi connectivity index (χ4v) is 2.84. The Morgan fingerprint density at radius 3 is 2.68 bits per heavy atom. The number of rotatable bonds is 6. The van der Waals surface area contributed by atoms with Crippen LogP contribution >= 0.6 is 0 Å². The number of hydrogen-bond acceptors (Lipinski definition) is 1. The van der Waals surface area contributed by atoms with E-state index in [1.807, 2.05) is 12.5 Å². The van der Waals surface area contributed by atoms with E-state index in [-0.39, 0.29) is 0 Å². The van der Waals surface area contributed by atoms with Crippen LogP contribution in [0.1, 0.15) is 38.2 Å². The van der Waals surface area contributed by atoms with E-state index in [2.05, 4.69) is 61.5 Å². The van der Waals surface area contributed by atoms with Gasteiger partial charge in [-0.25, -0.2) is 0 Å². The molecule has 0 N–H and O–H groups in total. The van der Waals surface area contributed by atoms with Gasteiger partial charge in [-0.15, -0.1) is 0 Å². The van der Waals surface area contributed by atoms with Crippen LogP contribution in [0.25, 0.3) is 28.0 Å². The Kier molecular flexibility index (Phi) is 4.75. The summed E-state index contributed by atoms with van der Waals surface area (Å²) in [6, 6.07) is 14.9. The third-order valence-corrected chi connectivity index (χ3v) is 4.04. The zero-order valence-corrected chi connectivity index (χ0v) is 13.1. The highest BCUT2D eigenvalue weighted by Gasteiger charge is 2.08. The van der Waals surface area contributed by atoms with E-state index >= 15 is 0 Å². The fourth-order valence-electron chi connectivity index (χ4n) is 2.84. The molecule has 1 aromatic heterocycles. The molecule has 3 rings (SSSR count). The molecule has 1 nitrogen and oxygen atoms in total. The Labute approximate surface area is 132 Å². The molecule has 0 aliphatic carbocycles.